The molecule has 0 aliphatic rings. The standard InChI is InChI=1S/C13H13BrN2OS/c1-9-6-15-13(16-7-9)18-8-10-3-4-12(17-2)11(14)5-10/h3-7H,8H2,1-2H3. The molecule has 2 aromatic rings. The minimum Gasteiger partial charge on any atom is -0.496 e. The van der Waals surface area contributed by atoms with Gasteiger partial charge in [-0.1, -0.05) is 17.8 Å². The van der Waals surface area contributed by atoms with E-state index in [9.17, 15) is 0 Å². The molecule has 0 aliphatic heterocycles. The first-order valence-corrected chi connectivity index (χ1v) is 7.21. The number of aromatic nitrogens is 2. The van der Waals surface area contributed by atoms with E-state index >= 15 is 0 Å². The minimum absolute atomic E-state index is 0.799. The summed E-state index contributed by atoms with van der Waals surface area (Å²) in [5.74, 6) is 1.68. The van der Waals surface area contributed by atoms with Crippen LogP contribution in [0.25, 0.3) is 0 Å². The first kappa shape index (κ1) is 13.4. The lowest BCUT2D eigenvalue weighted by Gasteiger charge is -2.05. The zero-order valence-electron chi connectivity index (χ0n) is 10.2. The van der Waals surface area contributed by atoms with Gasteiger partial charge in [0, 0.05) is 18.1 Å². The molecule has 1 aromatic heterocycles. The van der Waals surface area contributed by atoms with Crippen LogP contribution in [0, 0.1) is 6.92 Å². The van der Waals surface area contributed by atoms with Gasteiger partial charge in [0.15, 0.2) is 5.16 Å². The molecule has 0 atom stereocenters. The Hall–Kier alpha value is -1.07. The molecule has 94 valence electrons. The predicted molar refractivity (Wildman–Crippen MR) is 77.0 cm³/mol. The van der Waals surface area contributed by atoms with E-state index in [-0.39, 0.29) is 0 Å². The fourth-order valence-electron chi connectivity index (χ4n) is 1.40. The maximum Gasteiger partial charge on any atom is 0.187 e. The van der Waals surface area contributed by atoms with Gasteiger partial charge in [0.2, 0.25) is 0 Å². The molecule has 0 bridgehead atoms. The SMILES string of the molecule is COc1ccc(CSc2ncc(C)cn2)cc1Br. The number of rotatable bonds is 4. The Morgan fingerprint density at radius 3 is 2.61 bits per heavy atom. The van der Waals surface area contributed by atoms with Gasteiger partial charge in [-0.15, -0.1) is 0 Å². The number of methoxy groups -OCH3 is 1. The van der Waals surface area contributed by atoms with Gasteiger partial charge >= 0.3 is 0 Å². The van der Waals surface area contributed by atoms with Crippen molar-refractivity contribution in [3.63, 3.8) is 0 Å². The van der Waals surface area contributed by atoms with Gasteiger partial charge in [-0.05, 0) is 46.1 Å². The summed E-state index contributed by atoms with van der Waals surface area (Å²) in [4.78, 5) is 8.53. The average molecular weight is 325 g/mol. The van der Waals surface area contributed by atoms with E-state index in [0.29, 0.717) is 0 Å². The third-order valence-electron chi connectivity index (χ3n) is 2.34. The van der Waals surface area contributed by atoms with Crippen LogP contribution >= 0.6 is 27.7 Å². The lowest BCUT2D eigenvalue weighted by Crippen LogP contribution is -1.89. The topological polar surface area (TPSA) is 35.0 Å². The summed E-state index contributed by atoms with van der Waals surface area (Å²) in [5.41, 5.74) is 2.28. The maximum atomic E-state index is 5.20. The predicted octanol–water partition coefficient (Wildman–Crippen LogP) is 3.85. The number of ether oxygens (including phenoxy) is 1. The van der Waals surface area contributed by atoms with Crippen molar-refractivity contribution in [2.45, 2.75) is 17.8 Å². The van der Waals surface area contributed by atoms with Crippen molar-refractivity contribution in [3.05, 3.63) is 46.2 Å². The lowest BCUT2D eigenvalue weighted by atomic mass is 10.2. The quantitative estimate of drug-likeness (QED) is 0.632. The molecule has 0 N–H and O–H groups in total. The number of halogens is 1. The van der Waals surface area contributed by atoms with E-state index < -0.39 is 0 Å². The summed E-state index contributed by atoms with van der Waals surface area (Å²) in [5, 5.41) is 0.799. The van der Waals surface area contributed by atoms with Crippen molar-refractivity contribution in [2.24, 2.45) is 0 Å². The van der Waals surface area contributed by atoms with Crippen molar-refractivity contribution in [2.75, 3.05) is 7.11 Å². The molecule has 1 aromatic carbocycles. The number of aryl methyl sites for hydroxylation is 1. The van der Waals surface area contributed by atoms with E-state index in [4.69, 9.17) is 4.74 Å². The van der Waals surface area contributed by atoms with Gasteiger partial charge in [0.1, 0.15) is 5.75 Å². The van der Waals surface area contributed by atoms with E-state index in [2.05, 4.69) is 32.0 Å². The molecule has 0 unspecified atom stereocenters. The second-order valence-electron chi connectivity index (χ2n) is 3.80. The summed E-state index contributed by atoms with van der Waals surface area (Å²) < 4.78 is 6.16. The highest BCUT2D eigenvalue weighted by atomic mass is 79.9. The third-order valence-corrected chi connectivity index (χ3v) is 3.91. The highest BCUT2D eigenvalue weighted by Gasteiger charge is 2.03. The lowest BCUT2D eigenvalue weighted by molar-refractivity contribution is 0.412. The Labute approximate surface area is 119 Å². The number of hydrogen-bond donors (Lipinski definition) is 0. The van der Waals surface area contributed by atoms with E-state index in [1.54, 1.807) is 18.9 Å². The molecule has 0 radical (unpaired) electrons. The zero-order valence-corrected chi connectivity index (χ0v) is 12.6. The van der Waals surface area contributed by atoms with Crippen LogP contribution in [0.1, 0.15) is 11.1 Å². The first-order valence-electron chi connectivity index (χ1n) is 5.43. The van der Waals surface area contributed by atoms with E-state index in [1.807, 2.05) is 31.5 Å². The fourth-order valence-corrected chi connectivity index (χ4v) is 2.72. The molecular formula is C13H13BrN2OS. The normalized spacial score (nSPS) is 10.4. The number of hydrogen-bond acceptors (Lipinski definition) is 4. The van der Waals surface area contributed by atoms with Crippen molar-refractivity contribution >= 4 is 27.7 Å². The second-order valence-corrected chi connectivity index (χ2v) is 5.60. The van der Waals surface area contributed by atoms with Gasteiger partial charge in [0.05, 0.1) is 11.6 Å². The third kappa shape index (κ3) is 3.46. The Morgan fingerprint density at radius 2 is 2.00 bits per heavy atom. The molecule has 0 saturated carbocycles. The molecule has 0 fully saturated rings. The van der Waals surface area contributed by atoms with Gasteiger partial charge in [0.25, 0.3) is 0 Å². The van der Waals surface area contributed by atoms with E-state index in [0.717, 1.165) is 26.7 Å². The summed E-state index contributed by atoms with van der Waals surface area (Å²) in [6.07, 6.45) is 3.67. The second kappa shape index (κ2) is 6.20. The van der Waals surface area contributed by atoms with Gasteiger partial charge in [-0.2, -0.15) is 0 Å². The Bertz CT molecular complexity index is 531. The molecule has 0 spiro atoms. The van der Waals surface area contributed by atoms with Crippen molar-refractivity contribution in [1.29, 1.82) is 0 Å². The van der Waals surface area contributed by atoms with Crippen LogP contribution in [0.2, 0.25) is 0 Å². The van der Waals surface area contributed by atoms with Crippen molar-refractivity contribution in [1.82, 2.24) is 9.97 Å². The molecule has 5 heteroatoms. The van der Waals surface area contributed by atoms with Gasteiger partial charge < -0.3 is 4.74 Å². The van der Waals surface area contributed by atoms with Crippen LogP contribution < -0.4 is 4.74 Å². The number of thioether (sulfide) groups is 1. The molecular weight excluding hydrogens is 312 g/mol. The van der Waals surface area contributed by atoms with E-state index in [1.165, 1.54) is 5.56 Å². The van der Waals surface area contributed by atoms with Gasteiger partial charge in [-0.25, -0.2) is 9.97 Å². The summed E-state index contributed by atoms with van der Waals surface area (Å²) in [6.45, 7) is 1.98. The zero-order chi connectivity index (χ0) is 13.0. The van der Waals surface area contributed by atoms with Gasteiger partial charge in [-0.3, -0.25) is 0 Å². The number of nitrogens with zero attached hydrogens (tertiary/aromatic N) is 2. The molecule has 2 rings (SSSR count). The van der Waals surface area contributed by atoms with Crippen molar-refractivity contribution in [3.8, 4) is 5.75 Å². The Morgan fingerprint density at radius 1 is 1.28 bits per heavy atom. The monoisotopic (exact) mass is 324 g/mol. The highest BCUT2D eigenvalue weighted by molar-refractivity contribution is 9.10. The smallest absolute Gasteiger partial charge is 0.187 e. The molecule has 0 saturated heterocycles. The molecule has 18 heavy (non-hydrogen) atoms. The molecule has 0 aliphatic carbocycles. The number of benzene rings is 1. The first-order chi connectivity index (χ1) is 8.69. The minimum atomic E-state index is 0.799. The van der Waals surface area contributed by atoms with Crippen molar-refractivity contribution < 1.29 is 4.74 Å². The average Bonchev–Trinajstić information content (AvgIpc) is 2.38. The highest BCUT2D eigenvalue weighted by Crippen LogP contribution is 2.28. The summed E-state index contributed by atoms with van der Waals surface area (Å²) in [6, 6.07) is 6.06. The Balaban J connectivity index is 2.02. The summed E-state index contributed by atoms with van der Waals surface area (Å²) in [7, 11) is 1.66. The summed E-state index contributed by atoms with van der Waals surface area (Å²) >= 11 is 5.10. The van der Waals surface area contributed by atoms with Crippen LogP contribution in [-0.2, 0) is 5.75 Å². The molecule has 0 amide bonds. The van der Waals surface area contributed by atoms with Crippen LogP contribution in [-0.4, -0.2) is 17.1 Å². The van der Waals surface area contributed by atoms with Crippen LogP contribution in [0.15, 0.2) is 40.2 Å². The largest absolute Gasteiger partial charge is 0.496 e. The fraction of sp³-hybridized carbons (Fsp3) is 0.231. The Kier molecular flexibility index (Phi) is 4.60. The van der Waals surface area contributed by atoms with Crippen LogP contribution in [0.3, 0.4) is 0 Å². The molecule has 1 heterocycles. The maximum absolute atomic E-state index is 5.20. The van der Waals surface area contributed by atoms with Crippen LogP contribution in [0.5, 0.6) is 5.75 Å². The molecule has 3 nitrogen and oxygen atoms in total. The van der Waals surface area contributed by atoms with Crippen LogP contribution in [0.4, 0.5) is 0 Å².